The molecule has 0 radical (unpaired) electrons. The molecule has 0 saturated heterocycles. The maximum atomic E-state index is 11.6. The van der Waals surface area contributed by atoms with E-state index in [0.29, 0.717) is 0 Å². The zero-order chi connectivity index (χ0) is 15.2. The summed E-state index contributed by atoms with van der Waals surface area (Å²) in [6.45, 7) is -0.207. The van der Waals surface area contributed by atoms with Crippen LogP contribution in [0.3, 0.4) is 0 Å². The van der Waals surface area contributed by atoms with Gasteiger partial charge in [-0.1, -0.05) is 0 Å². The third-order valence-corrected chi connectivity index (χ3v) is 2.22. The molecule has 0 aromatic carbocycles. The highest BCUT2D eigenvalue weighted by Gasteiger charge is 2.24. The molecule has 0 rings (SSSR count). The number of hydrogen-bond donors (Lipinski definition) is 3. The van der Waals surface area contributed by atoms with E-state index in [1.807, 2.05) is 0 Å². The highest BCUT2D eigenvalue weighted by Crippen LogP contribution is 1.95. The molecule has 0 fully saturated rings. The van der Waals surface area contributed by atoms with Crippen molar-refractivity contribution >= 4 is 23.8 Å². The number of nitrogens with one attached hydrogen (secondary N) is 1. The van der Waals surface area contributed by atoms with Gasteiger partial charge in [0, 0.05) is 21.1 Å². The molecular formula is C10H18N4O5. The average molecular weight is 274 g/mol. The molecule has 108 valence electrons. The first kappa shape index (κ1) is 16.7. The van der Waals surface area contributed by atoms with Crippen LogP contribution in [0, 0.1) is 0 Å². The molecule has 19 heavy (non-hydrogen) atoms. The van der Waals surface area contributed by atoms with Crippen molar-refractivity contribution in [2.24, 2.45) is 5.73 Å². The SMILES string of the molecule is CN(C)C(=O)CN(C)C(=O)NC(CC(N)=O)C(=O)O. The first-order valence-corrected chi connectivity index (χ1v) is 5.38. The lowest BCUT2D eigenvalue weighted by molar-refractivity contribution is -0.140. The minimum absolute atomic E-state index is 0.207. The van der Waals surface area contributed by atoms with Crippen molar-refractivity contribution in [3.05, 3.63) is 0 Å². The van der Waals surface area contributed by atoms with Crippen molar-refractivity contribution in [2.45, 2.75) is 12.5 Å². The summed E-state index contributed by atoms with van der Waals surface area (Å²) >= 11 is 0. The molecule has 0 aromatic heterocycles. The molecule has 0 aliphatic heterocycles. The van der Waals surface area contributed by atoms with E-state index in [-0.39, 0.29) is 12.5 Å². The summed E-state index contributed by atoms with van der Waals surface area (Å²) in [6.07, 6.45) is -0.517. The summed E-state index contributed by atoms with van der Waals surface area (Å²) in [5.41, 5.74) is 4.88. The van der Waals surface area contributed by atoms with Gasteiger partial charge in [0.05, 0.1) is 6.42 Å². The standard InChI is InChI=1S/C10H18N4O5/c1-13(2)8(16)5-14(3)10(19)12-6(9(17)18)4-7(11)15/h6H,4-5H2,1-3H3,(H2,11,15)(H,12,19)(H,17,18). The molecule has 0 spiro atoms. The fourth-order valence-electron chi connectivity index (χ4n) is 1.08. The van der Waals surface area contributed by atoms with Crippen LogP contribution in [-0.2, 0) is 14.4 Å². The predicted octanol–water partition coefficient (Wildman–Crippen LogP) is -1.96. The molecule has 0 saturated carbocycles. The van der Waals surface area contributed by atoms with Crippen molar-refractivity contribution in [1.29, 1.82) is 0 Å². The third kappa shape index (κ3) is 6.24. The normalized spacial score (nSPS) is 11.3. The maximum Gasteiger partial charge on any atom is 0.326 e. The molecule has 4 N–H and O–H groups in total. The summed E-state index contributed by atoms with van der Waals surface area (Å²) < 4.78 is 0. The summed E-state index contributed by atoms with van der Waals surface area (Å²) in [6, 6.07) is -2.19. The Bertz CT molecular complexity index is 382. The van der Waals surface area contributed by atoms with Crippen LogP contribution in [0.4, 0.5) is 4.79 Å². The number of primary amides is 1. The van der Waals surface area contributed by atoms with Crippen LogP contribution in [0.15, 0.2) is 0 Å². The second-order valence-corrected chi connectivity index (χ2v) is 4.15. The van der Waals surface area contributed by atoms with E-state index in [9.17, 15) is 19.2 Å². The minimum Gasteiger partial charge on any atom is -0.480 e. The number of nitrogens with two attached hydrogens (primary N) is 1. The van der Waals surface area contributed by atoms with E-state index < -0.39 is 30.4 Å². The van der Waals surface area contributed by atoms with Gasteiger partial charge in [0.25, 0.3) is 0 Å². The Morgan fingerprint density at radius 3 is 2.11 bits per heavy atom. The Morgan fingerprint density at radius 2 is 1.74 bits per heavy atom. The number of carboxylic acids is 1. The van der Waals surface area contributed by atoms with Crippen LogP contribution >= 0.6 is 0 Å². The van der Waals surface area contributed by atoms with Gasteiger partial charge in [0.2, 0.25) is 11.8 Å². The minimum atomic E-state index is -1.41. The molecule has 0 aliphatic carbocycles. The van der Waals surface area contributed by atoms with Gasteiger partial charge < -0.3 is 26.0 Å². The molecular weight excluding hydrogens is 256 g/mol. The molecule has 1 atom stereocenters. The number of carbonyl (C=O) groups excluding carboxylic acids is 3. The van der Waals surface area contributed by atoms with Crippen molar-refractivity contribution in [3.8, 4) is 0 Å². The molecule has 0 aliphatic rings. The first-order chi connectivity index (χ1) is 8.65. The third-order valence-electron chi connectivity index (χ3n) is 2.22. The van der Waals surface area contributed by atoms with Gasteiger partial charge in [-0.25, -0.2) is 9.59 Å². The van der Waals surface area contributed by atoms with Crippen LogP contribution in [0.25, 0.3) is 0 Å². The van der Waals surface area contributed by atoms with Crippen LogP contribution in [-0.4, -0.2) is 72.5 Å². The van der Waals surface area contributed by atoms with E-state index in [1.165, 1.54) is 26.0 Å². The van der Waals surface area contributed by atoms with Gasteiger partial charge in [-0.15, -0.1) is 0 Å². The topological polar surface area (TPSA) is 133 Å². The Hall–Kier alpha value is -2.32. The Kier molecular flexibility index (Phi) is 6.31. The summed E-state index contributed by atoms with van der Waals surface area (Å²) in [5, 5.41) is 10.9. The summed E-state index contributed by atoms with van der Waals surface area (Å²) in [4.78, 5) is 46.8. The van der Waals surface area contributed by atoms with Crippen LogP contribution in [0.5, 0.6) is 0 Å². The number of hydrogen-bond acceptors (Lipinski definition) is 4. The van der Waals surface area contributed by atoms with E-state index in [1.54, 1.807) is 0 Å². The second-order valence-electron chi connectivity index (χ2n) is 4.15. The molecule has 9 heteroatoms. The lowest BCUT2D eigenvalue weighted by Crippen LogP contribution is -2.50. The Balaban J connectivity index is 4.51. The van der Waals surface area contributed by atoms with Gasteiger partial charge in [0.15, 0.2) is 0 Å². The number of likely N-dealkylation sites (N-methyl/N-ethyl adjacent to an activating group) is 2. The van der Waals surface area contributed by atoms with E-state index in [0.717, 1.165) is 4.90 Å². The monoisotopic (exact) mass is 274 g/mol. The number of nitrogens with zero attached hydrogens (tertiary/aromatic N) is 2. The zero-order valence-corrected chi connectivity index (χ0v) is 11.0. The molecule has 4 amide bonds. The van der Waals surface area contributed by atoms with Crippen LogP contribution in [0.1, 0.15) is 6.42 Å². The highest BCUT2D eigenvalue weighted by molar-refractivity contribution is 5.89. The van der Waals surface area contributed by atoms with Gasteiger partial charge in [0.1, 0.15) is 12.6 Å². The number of carboxylic acid groups (broad SMARTS) is 1. The fourth-order valence-corrected chi connectivity index (χ4v) is 1.08. The van der Waals surface area contributed by atoms with Crippen molar-refractivity contribution < 1.29 is 24.3 Å². The number of urea groups is 1. The predicted molar refractivity (Wildman–Crippen MR) is 65.1 cm³/mol. The molecule has 0 aromatic rings. The van der Waals surface area contributed by atoms with Crippen LogP contribution < -0.4 is 11.1 Å². The number of carbonyl (C=O) groups is 4. The van der Waals surface area contributed by atoms with Gasteiger partial charge in [-0.3, -0.25) is 9.59 Å². The van der Waals surface area contributed by atoms with Crippen molar-refractivity contribution in [2.75, 3.05) is 27.7 Å². The van der Waals surface area contributed by atoms with Crippen molar-refractivity contribution in [1.82, 2.24) is 15.1 Å². The lowest BCUT2D eigenvalue weighted by atomic mass is 10.2. The van der Waals surface area contributed by atoms with Crippen LogP contribution in [0.2, 0.25) is 0 Å². The van der Waals surface area contributed by atoms with Gasteiger partial charge >= 0.3 is 12.0 Å². The van der Waals surface area contributed by atoms with E-state index in [4.69, 9.17) is 10.8 Å². The molecule has 0 heterocycles. The summed E-state index contributed by atoms with van der Waals surface area (Å²) in [7, 11) is 4.39. The molecule has 9 nitrogen and oxygen atoms in total. The first-order valence-electron chi connectivity index (χ1n) is 5.38. The van der Waals surface area contributed by atoms with Crippen molar-refractivity contribution in [3.63, 3.8) is 0 Å². The number of aliphatic carboxylic acids is 1. The smallest absolute Gasteiger partial charge is 0.326 e. The second kappa shape index (κ2) is 7.19. The quantitative estimate of drug-likeness (QED) is 0.517. The molecule has 0 bridgehead atoms. The number of rotatable bonds is 6. The largest absolute Gasteiger partial charge is 0.480 e. The van der Waals surface area contributed by atoms with Gasteiger partial charge in [-0.2, -0.15) is 0 Å². The van der Waals surface area contributed by atoms with Gasteiger partial charge in [-0.05, 0) is 0 Å². The summed E-state index contributed by atoms with van der Waals surface area (Å²) in [5.74, 6) is -2.54. The zero-order valence-electron chi connectivity index (χ0n) is 11.0. The Labute approximate surface area is 110 Å². The van der Waals surface area contributed by atoms with E-state index in [2.05, 4.69) is 5.32 Å². The highest BCUT2D eigenvalue weighted by atomic mass is 16.4. The van der Waals surface area contributed by atoms with E-state index >= 15 is 0 Å². The maximum absolute atomic E-state index is 11.6. The molecule has 1 unspecified atom stereocenters. The average Bonchev–Trinajstić information content (AvgIpc) is 2.26. The number of amides is 4. The lowest BCUT2D eigenvalue weighted by Gasteiger charge is -2.21. The Morgan fingerprint density at radius 1 is 1.21 bits per heavy atom. The fraction of sp³-hybridized carbons (Fsp3) is 0.600.